The van der Waals surface area contributed by atoms with Crippen LogP contribution in [-0.2, 0) is 0 Å². The molecule has 1 saturated carbocycles. The zero-order valence-corrected chi connectivity index (χ0v) is 12.6. The number of aromatic nitrogens is 1. The van der Waals surface area contributed by atoms with Crippen molar-refractivity contribution in [2.75, 3.05) is 37.6 Å². The second-order valence-electron chi connectivity index (χ2n) is 5.19. The fourth-order valence-electron chi connectivity index (χ4n) is 2.45. The number of halogens is 2. The molecule has 3 rings (SSSR count). The minimum absolute atomic E-state index is 0.736. The van der Waals surface area contributed by atoms with Crippen LogP contribution in [0.4, 0.5) is 5.82 Å². The molecule has 0 spiro atoms. The summed E-state index contributed by atoms with van der Waals surface area (Å²) in [6, 6.07) is 1.92. The normalized spacial score (nSPS) is 21.3. The van der Waals surface area contributed by atoms with Crippen molar-refractivity contribution >= 4 is 33.3 Å². The number of rotatable bonds is 3. The average molecular weight is 331 g/mol. The van der Waals surface area contributed by atoms with E-state index in [0.717, 1.165) is 47.4 Å². The van der Waals surface area contributed by atoms with Crippen LogP contribution in [0.5, 0.6) is 0 Å². The summed E-state index contributed by atoms with van der Waals surface area (Å²) in [6.07, 6.45) is 4.68. The molecule has 1 aromatic rings. The first kappa shape index (κ1) is 12.7. The highest BCUT2D eigenvalue weighted by Crippen LogP contribution is 2.31. The SMILES string of the molecule is Clc1cc(Br)cnc1N1CCN(CC2CC2)CC1. The smallest absolute Gasteiger partial charge is 0.147 e. The Morgan fingerprint density at radius 3 is 2.61 bits per heavy atom. The van der Waals surface area contributed by atoms with Gasteiger partial charge in [0.05, 0.1) is 5.02 Å². The third kappa shape index (κ3) is 2.98. The Hall–Kier alpha value is -0.320. The number of hydrogen-bond donors (Lipinski definition) is 0. The Bertz CT molecular complexity index is 428. The Morgan fingerprint density at radius 2 is 2.00 bits per heavy atom. The fourth-order valence-corrected chi connectivity index (χ4v) is 3.20. The standard InChI is InChI=1S/C13H17BrClN3/c14-11-7-12(15)13(16-8-11)18-5-3-17(4-6-18)9-10-1-2-10/h7-8,10H,1-6,9H2. The van der Waals surface area contributed by atoms with Gasteiger partial charge in [0.1, 0.15) is 5.82 Å². The Morgan fingerprint density at radius 1 is 1.28 bits per heavy atom. The molecule has 18 heavy (non-hydrogen) atoms. The number of piperazine rings is 1. The van der Waals surface area contributed by atoms with Gasteiger partial charge in [-0.1, -0.05) is 11.6 Å². The lowest BCUT2D eigenvalue weighted by Crippen LogP contribution is -2.47. The molecule has 2 aliphatic rings. The van der Waals surface area contributed by atoms with Gasteiger partial charge in [0.25, 0.3) is 0 Å². The van der Waals surface area contributed by atoms with Gasteiger partial charge in [-0.15, -0.1) is 0 Å². The summed E-state index contributed by atoms with van der Waals surface area (Å²) in [5, 5.41) is 0.736. The monoisotopic (exact) mass is 329 g/mol. The highest BCUT2D eigenvalue weighted by Gasteiger charge is 2.27. The van der Waals surface area contributed by atoms with Crippen LogP contribution in [0.15, 0.2) is 16.7 Å². The van der Waals surface area contributed by atoms with Gasteiger partial charge in [-0.05, 0) is 40.8 Å². The van der Waals surface area contributed by atoms with E-state index in [0.29, 0.717) is 0 Å². The molecule has 0 aromatic carbocycles. The lowest BCUT2D eigenvalue weighted by Gasteiger charge is -2.35. The molecular weight excluding hydrogens is 314 g/mol. The van der Waals surface area contributed by atoms with Crippen molar-refractivity contribution in [3.8, 4) is 0 Å². The lowest BCUT2D eigenvalue weighted by molar-refractivity contribution is 0.247. The van der Waals surface area contributed by atoms with Gasteiger partial charge in [-0.2, -0.15) is 0 Å². The summed E-state index contributed by atoms with van der Waals surface area (Å²) in [6.45, 7) is 5.60. The molecule has 98 valence electrons. The molecule has 0 atom stereocenters. The molecule has 5 heteroatoms. The molecule has 1 aliphatic heterocycles. The molecule has 0 bridgehead atoms. The van der Waals surface area contributed by atoms with E-state index in [1.54, 1.807) is 0 Å². The van der Waals surface area contributed by atoms with Gasteiger partial charge >= 0.3 is 0 Å². The quantitative estimate of drug-likeness (QED) is 0.849. The average Bonchev–Trinajstić information content (AvgIpc) is 3.15. The summed E-state index contributed by atoms with van der Waals surface area (Å²) >= 11 is 9.64. The molecule has 0 unspecified atom stereocenters. The maximum atomic E-state index is 6.25. The number of hydrogen-bond acceptors (Lipinski definition) is 3. The summed E-state index contributed by atoms with van der Waals surface area (Å²) in [4.78, 5) is 9.29. The van der Waals surface area contributed by atoms with E-state index in [1.807, 2.05) is 12.3 Å². The topological polar surface area (TPSA) is 19.4 Å². The zero-order chi connectivity index (χ0) is 12.5. The van der Waals surface area contributed by atoms with Crippen LogP contribution in [0.1, 0.15) is 12.8 Å². The largest absolute Gasteiger partial charge is 0.353 e. The Kier molecular flexibility index (Phi) is 3.78. The molecule has 1 aromatic heterocycles. The van der Waals surface area contributed by atoms with E-state index in [1.165, 1.54) is 19.4 Å². The maximum absolute atomic E-state index is 6.25. The second-order valence-corrected chi connectivity index (χ2v) is 6.51. The minimum atomic E-state index is 0.736. The number of pyridine rings is 1. The summed E-state index contributed by atoms with van der Waals surface area (Å²) in [5.74, 6) is 1.90. The van der Waals surface area contributed by atoms with E-state index in [9.17, 15) is 0 Å². The second kappa shape index (κ2) is 5.35. The summed E-state index contributed by atoms with van der Waals surface area (Å²) in [5.41, 5.74) is 0. The van der Waals surface area contributed by atoms with Gasteiger partial charge in [-0.3, -0.25) is 4.90 Å². The van der Waals surface area contributed by atoms with E-state index in [4.69, 9.17) is 11.6 Å². The lowest BCUT2D eigenvalue weighted by atomic mass is 10.2. The van der Waals surface area contributed by atoms with Crippen LogP contribution in [0.3, 0.4) is 0 Å². The van der Waals surface area contributed by atoms with Crippen LogP contribution in [0, 0.1) is 5.92 Å². The fraction of sp³-hybridized carbons (Fsp3) is 0.615. The van der Waals surface area contributed by atoms with Gasteiger partial charge in [0.2, 0.25) is 0 Å². The highest BCUT2D eigenvalue weighted by molar-refractivity contribution is 9.10. The third-order valence-electron chi connectivity index (χ3n) is 3.67. The zero-order valence-electron chi connectivity index (χ0n) is 10.3. The van der Waals surface area contributed by atoms with E-state index >= 15 is 0 Å². The summed E-state index contributed by atoms with van der Waals surface area (Å²) < 4.78 is 0.934. The van der Waals surface area contributed by atoms with Gasteiger partial charge in [0.15, 0.2) is 0 Å². The van der Waals surface area contributed by atoms with Crippen LogP contribution in [0.25, 0.3) is 0 Å². The first-order valence-electron chi connectivity index (χ1n) is 6.51. The molecule has 2 fully saturated rings. The van der Waals surface area contributed by atoms with E-state index in [-0.39, 0.29) is 0 Å². The molecule has 1 saturated heterocycles. The Labute approximate surface area is 121 Å². The van der Waals surface area contributed by atoms with Crippen molar-refractivity contribution in [3.05, 3.63) is 21.8 Å². The molecule has 0 N–H and O–H groups in total. The van der Waals surface area contributed by atoms with Crippen molar-refractivity contribution in [3.63, 3.8) is 0 Å². The first-order valence-corrected chi connectivity index (χ1v) is 7.68. The molecule has 0 radical (unpaired) electrons. The maximum Gasteiger partial charge on any atom is 0.147 e. The van der Waals surface area contributed by atoms with Crippen molar-refractivity contribution < 1.29 is 0 Å². The predicted octanol–water partition coefficient (Wildman–Crippen LogP) is 3.03. The Balaban J connectivity index is 1.60. The van der Waals surface area contributed by atoms with Crippen LogP contribution in [0.2, 0.25) is 5.02 Å². The predicted molar refractivity (Wildman–Crippen MR) is 78.3 cm³/mol. The number of nitrogens with zero attached hydrogens (tertiary/aromatic N) is 3. The van der Waals surface area contributed by atoms with Gasteiger partial charge < -0.3 is 4.90 Å². The van der Waals surface area contributed by atoms with Crippen LogP contribution in [-0.4, -0.2) is 42.6 Å². The van der Waals surface area contributed by atoms with Crippen molar-refractivity contribution in [1.82, 2.24) is 9.88 Å². The molecule has 0 amide bonds. The molecule has 1 aliphatic carbocycles. The third-order valence-corrected chi connectivity index (χ3v) is 4.39. The highest BCUT2D eigenvalue weighted by atomic mass is 79.9. The van der Waals surface area contributed by atoms with Crippen molar-refractivity contribution in [2.24, 2.45) is 5.92 Å². The van der Waals surface area contributed by atoms with Crippen LogP contribution >= 0.6 is 27.5 Å². The molecular formula is C13H17BrClN3. The van der Waals surface area contributed by atoms with Gasteiger partial charge in [-0.25, -0.2) is 4.98 Å². The summed E-state index contributed by atoms with van der Waals surface area (Å²) in [7, 11) is 0. The number of anilines is 1. The molecule has 2 heterocycles. The van der Waals surface area contributed by atoms with Crippen molar-refractivity contribution in [2.45, 2.75) is 12.8 Å². The van der Waals surface area contributed by atoms with E-state index in [2.05, 4.69) is 30.7 Å². The minimum Gasteiger partial charge on any atom is -0.353 e. The first-order chi connectivity index (χ1) is 8.72. The molecule has 3 nitrogen and oxygen atoms in total. The van der Waals surface area contributed by atoms with Gasteiger partial charge in [0, 0.05) is 43.4 Å². The van der Waals surface area contributed by atoms with Crippen LogP contribution < -0.4 is 4.90 Å². The van der Waals surface area contributed by atoms with E-state index < -0.39 is 0 Å². The van der Waals surface area contributed by atoms with Crippen molar-refractivity contribution in [1.29, 1.82) is 0 Å².